The van der Waals surface area contributed by atoms with Gasteiger partial charge in [0.2, 0.25) is 0 Å². The fourth-order valence-electron chi connectivity index (χ4n) is 3.18. The van der Waals surface area contributed by atoms with Gasteiger partial charge in [0, 0.05) is 11.0 Å². The predicted octanol–water partition coefficient (Wildman–Crippen LogP) is 4.89. The number of benzene rings is 2. The molecule has 2 N–H and O–H groups in total. The largest absolute Gasteiger partial charge is 0.334 e. The van der Waals surface area contributed by atoms with E-state index in [1.54, 1.807) is 0 Å². The summed E-state index contributed by atoms with van der Waals surface area (Å²) < 4.78 is 1.02. The third-order valence-corrected chi connectivity index (χ3v) is 5.06. The second-order valence-corrected chi connectivity index (χ2v) is 7.33. The third kappa shape index (κ3) is 4.38. The lowest BCUT2D eigenvalue weighted by Crippen LogP contribution is -2.36. The number of urea groups is 1. The summed E-state index contributed by atoms with van der Waals surface area (Å²) in [6.07, 6.45) is 4.90. The minimum Gasteiger partial charge on any atom is -0.334 e. The van der Waals surface area contributed by atoms with E-state index in [4.69, 9.17) is 0 Å². The van der Waals surface area contributed by atoms with Crippen LogP contribution in [0.15, 0.2) is 46.9 Å². The van der Waals surface area contributed by atoms with Gasteiger partial charge in [0.25, 0.3) is 0 Å². The van der Waals surface area contributed by atoms with Crippen molar-refractivity contribution in [2.24, 2.45) is 0 Å². The molecule has 0 fully saturated rings. The number of carbonyl (C=O) groups is 1. The molecule has 1 atom stereocenters. The molecule has 1 aliphatic carbocycles. The molecule has 0 saturated carbocycles. The molecular weight excluding hydrogens is 364 g/mol. The zero-order valence-electron chi connectivity index (χ0n) is 13.9. The number of halogens is 1. The van der Waals surface area contributed by atoms with Crippen molar-refractivity contribution in [2.45, 2.75) is 45.2 Å². The van der Waals surface area contributed by atoms with Crippen LogP contribution in [0.25, 0.3) is 0 Å². The van der Waals surface area contributed by atoms with Crippen molar-refractivity contribution in [3.8, 4) is 0 Å². The standard InChI is InChI=1S/C20H23BrN2O/c1-14(17-10-9-16-6-2-3-7-18(16)12-17)23-20(24)22-13-15-5-4-8-19(21)11-15/h4-5,8-12,14H,2-3,6-7,13H2,1H3,(H2,22,23,24). The summed E-state index contributed by atoms with van der Waals surface area (Å²) >= 11 is 3.44. The summed E-state index contributed by atoms with van der Waals surface area (Å²) in [4.78, 5) is 12.1. The molecule has 24 heavy (non-hydrogen) atoms. The first kappa shape index (κ1) is 17.0. The Labute approximate surface area is 152 Å². The maximum absolute atomic E-state index is 12.1. The molecule has 0 aromatic heterocycles. The molecule has 0 bridgehead atoms. The van der Waals surface area contributed by atoms with Crippen LogP contribution < -0.4 is 10.6 Å². The molecule has 1 aliphatic rings. The van der Waals surface area contributed by atoms with Crippen molar-refractivity contribution in [3.05, 3.63) is 69.2 Å². The molecule has 0 heterocycles. The Morgan fingerprint density at radius 2 is 1.92 bits per heavy atom. The summed E-state index contributed by atoms with van der Waals surface area (Å²) in [7, 11) is 0. The number of amides is 2. The van der Waals surface area contributed by atoms with Gasteiger partial charge in [0.05, 0.1) is 6.04 Å². The number of carbonyl (C=O) groups excluding carboxylic acids is 1. The lowest BCUT2D eigenvalue weighted by molar-refractivity contribution is 0.237. The zero-order valence-corrected chi connectivity index (χ0v) is 15.5. The third-order valence-electron chi connectivity index (χ3n) is 4.56. The van der Waals surface area contributed by atoms with E-state index in [2.05, 4.69) is 44.8 Å². The Balaban J connectivity index is 1.56. The van der Waals surface area contributed by atoms with Gasteiger partial charge >= 0.3 is 6.03 Å². The highest BCUT2D eigenvalue weighted by molar-refractivity contribution is 9.10. The van der Waals surface area contributed by atoms with Gasteiger partial charge in [-0.15, -0.1) is 0 Å². The monoisotopic (exact) mass is 386 g/mol. The molecule has 3 rings (SSSR count). The first-order chi connectivity index (χ1) is 11.6. The van der Waals surface area contributed by atoms with Gasteiger partial charge in [-0.1, -0.05) is 46.3 Å². The fraction of sp³-hybridized carbons (Fsp3) is 0.350. The summed E-state index contributed by atoms with van der Waals surface area (Å²) in [5, 5.41) is 5.94. The Morgan fingerprint density at radius 1 is 1.12 bits per heavy atom. The van der Waals surface area contributed by atoms with E-state index in [-0.39, 0.29) is 12.1 Å². The number of rotatable bonds is 4. The summed E-state index contributed by atoms with van der Waals surface area (Å²) in [5.41, 5.74) is 5.16. The maximum Gasteiger partial charge on any atom is 0.315 e. The summed E-state index contributed by atoms with van der Waals surface area (Å²) in [5.74, 6) is 0. The van der Waals surface area contributed by atoms with Gasteiger partial charge in [-0.05, 0) is 67.0 Å². The Bertz CT molecular complexity index is 729. The van der Waals surface area contributed by atoms with Gasteiger partial charge in [-0.3, -0.25) is 0 Å². The van der Waals surface area contributed by atoms with Crippen LogP contribution in [0.3, 0.4) is 0 Å². The highest BCUT2D eigenvalue weighted by Crippen LogP contribution is 2.24. The lowest BCUT2D eigenvalue weighted by Gasteiger charge is -2.20. The molecule has 3 nitrogen and oxygen atoms in total. The van der Waals surface area contributed by atoms with Gasteiger partial charge in [-0.25, -0.2) is 4.79 Å². The first-order valence-electron chi connectivity index (χ1n) is 8.52. The number of hydrogen-bond donors (Lipinski definition) is 2. The molecule has 2 aromatic rings. The van der Waals surface area contributed by atoms with Gasteiger partial charge in [0.1, 0.15) is 0 Å². The van der Waals surface area contributed by atoms with E-state index in [0.29, 0.717) is 6.54 Å². The van der Waals surface area contributed by atoms with Crippen LogP contribution in [0.2, 0.25) is 0 Å². The second-order valence-electron chi connectivity index (χ2n) is 6.41. The van der Waals surface area contributed by atoms with Crippen molar-refractivity contribution in [1.82, 2.24) is 10.6 Å². The van der Waals surface area contributed by atoms with Crippen molar-refractivity contribution in [3.63, 3.8) is 0 Å². The van der Waals surface area contributed by atoms with E-state index in [0.717, 1.165) is 16.5 Å². The van der Waals surface area contributed by atoms with E-state index < -0.39 is 0 Å². The molecule has 2 aromatic carbocycles. The van der Waals surface area contributed by atoms with E-state index in [1.807, 2.05) is 31.2 Å². The first-order valence-corrected chi connectivity index (χ1v) is 9.31. The molecule has 0 aliphatic heterocycles. The van der Waals surface area contributed by atoms with Crippen molar-refractivity contribution < 1.29 is 4.79 Å². The van der Waals surface area contributed by atoms with Crippen molar-refractivity contribution >= 4 is 22.0 Å². The van der Waals surface area contributed by atoms with Crippen LogP contribution in [0.5, 0.6) is 0 Å². The lowest BCUT2D eigenvalue weighted by atomic mass is 9.89. The molecule has 0 radical (unpaired) electrons. The summed E-state index contributed by atoms with van der Waals surface area (Å²) in [6.45, 7) is 2.55. The van der Waals surface area contributed by atoms with E-state index >= 15 is 0 Å². The van der Waals surface area contributed by atoms with E-state index in [1.165, 1.54) is 36.0 Å². The quantitative estimate of drug-likeness (QED) is 0.771. The minimum atomic E-state index is -0.139. The average Bonchev–Trinajstić information content (AvgIpc) is 2.59. The van der Waals surface area contributed by atoms with Crippen molar-refractivity contribution in [1.29, 1.82) is 0 Å². The molecule has 0 saturated heterocycles. The minimum absolute atomic E-state index is 0.000244. The van der Waals surface area contributed by atoms with Crippen LogP contribution in [-0.2, 0) is 19.4 Å². The molecule has 2 amide bonds. The predicted molar refractivity (Wildman–Crippen MR) is 101 cm³/mol. The fourth-order valence-corrected chi connectivity index (χ4v) is 3.63. The van der Waals surface area contributed by atoms with Gasteiger partial charge in [-0.2, -0.15) is 0 Å². The molecule has 0 spiro atoms. The van der Waals surface area contributed by atoms with Crippen LogP contribution in [0.4, 0.5) is 4.79 Å². The highest BCUT2D eigenvalue weighted by Gasteiger charge is 2.14. The van der Waals surface area contributed by atoms with Gasteiger partial charge < -0.3 is 10.6 Å². The summed E-state index contributed by atoms with van der Waals surface area (Å²) in [6, 6.07) is 14.4. The average molecular weight is 387 g/mol. The molecule has 4 heteroatoms. The smallest absolute Gasteiger partial charge is 0.315 e. The Hall–Kier alpha value is -1.81. The molecule has 126 valence electrons. The highest BCUT2D eigenvalue weighted by atomic mass is 79.9. The maximum atomic E-state index is 12.1. The number of hydrogen-bond acceptors (Lipinski definition) is 1. The SMILES string of the molecule is CC(NC(=O)NCc1cccc(Br)c1)c1ccc2c(c1)CCCC2. The molecular formula is C20H23BrN2O. The molecule has 1 unspecified atom stereocenters. The number of aryl methyl sites for hydroxylation is 2. The van der Waals surface area contributed by atoms with Crippen LogP contribution in [0, 0.1) is 0 Å². The van der Waals surface area contributed by atoms with E-state index in [9.17, 15) is 4.79 Å². The number of nitrogens with one attached hydrogen (secondary N) is 2. The second kappa shape index (κ2) is 7.84. The van der Waals surface area contributed by atoms with Crippen LogP contribution in [-0.4, -0.2) is 6.03 Å². The van der Waals surface area contributed by atoms with Crippen molar-refractivity contribution in [2.75, 3.05) is 0 Å². The Kier molecular flexibility index (Phi) is 5.56. The number of fused-ring (bicyclic) bond motifs is 1. The normalized spacial score (nSPS) is 14.6. The zero-order chi connectivity index (χ0) is 16.9. The topological polar surface area (TPSA) is 41.1 Å². The van der Waals surface area contributed by atoms with Crippen LogP contribution in [0.1, 0.15) is 48.1 Å². The van der Waals surface area contributed by atoms with Crippen LogP contribution >= 0.6 is 15.9 Å². The Morgan fingerprint density at radius 3 is 2.71 bits per heavy atom. The van der Waals surface area contributed by atoms with Gasteiger partial charge in [0.15, 0.2) is 0 Å².